The van der Waals surface area contributed by atoms with Crippen molar-refractivity contribution in [2.45, 2.75) is 44.8 Å². The van der Waals surface area contributed by atoms with E-state index in [0.29, 0.717) is 0 Å². The molecule has 0 radical (unpaired) electrons. The Morgan fingerprint density at radius 2 is 1.83 bits per heavy atom. The van der Waals surface area contributed by atoms with Gasteiger partial charge in [0, 0.05) is 13.5 Å². The zero-order chi connectivity index (χ0) is 14.3. The van der Waals surface area contributed by atoms with Crippen molar-refractivity contribution in [1.29, 1.82) is 0 Å². The summed E-state index contributed by atoms with van der Waals surface area (Å²) < 4.78 is 5.05. The number of nitrogens with one attached hydrogen (secondary N) is 1. The number of methoxy groups -OCH3 is 1. The van der Waals surface area contributed by atoms with Gasteiger partial charge in [-0.25, -0.2) is 4.79 Å². The van der Waals surface area contributed by atoms with E-state index in [1.165, 1.54) is 7.11 Å². The van der Waals surface area contributed by atoms with Crippen LogP contribution in [0.15, 0.2) is 0 Å². The first kappa shape index (κ1) is 16.4. The summed E-state index contributed by atoms with van der Waals surface area (Å²) in [5.74, 6) is -2.84. The average Bonchev–Trinajstić information content (AvgIpc) is 2.22. The quantitative estimate of drug-likeness (QED) is 0.576. The zero-order valence-corrected chi connectivity index (χ0v) is 10.7. The molecule has 3 N–H and O–H groups in total. The van der Waals surface area contributed by atoms with Gasteiger partial charge in [0.25, 0.3) is 0 Å². The predicted molar refractivity (Wildman–Crippen MR) is 62.1 cm³/mol. The molecule has 1 amide bonds. The van der Waals surface area contributed by atoms with E-state index in [9.17, 15) is 14.4 Å². The monoisotopic (exact) mass is 261 g/mol. The van der Waals surface area contributed by atoms with E-state index in [2.05, 4.69) is 5.32 Å². The van der Waals surface area contributed by atoms with Crippen LogP contribution in [0.25, 0.3) is 0 Å². The van der Waals surface area contributed by atoms with Crippen molar-refractivity contribution in [3.63, 3.8) is 0 Å². The summed E-state index contributed by atoms with van der Waals surface area (Å²) in [6, 6.07) is -1.19. The van der Waals surface area contributed by atoms with Crippen LogP contribution in [0.4, 0.5) is 0 Å². The van der Waals surface area contributed by atoms with E-state index < -0.39 is 29.5 Å². The van der Waals surface area contributed by atoms with E-state index >= 15 is 0 Å². The van der Waals surface area contributed by atoms with Gasteiger partial charge in [-0.3, -0.25) is 9.59 Å². The molecule has 104 valence electrons. The molecule has 0 aromatic carbocycles. The van der Waals surface area contributed by atoms with Crippen LogP contribution in [0.2, 0.25) is 0 Å². The molecular weight excluding hydrogens is 242 g/mol. The summed E-state index contributed by atoms with van der Waals surface area (Å²) in [5, 5.41) is 19.6. The van der Waals surface area contributed by atoms with Gasteiger partial charge in [-0.2, -0.15) is 0 Å². The van der Waals surface area contributed by atoms with Crippen molar-refractivity contribution < 1.29 is 29.3 Å². The molecule has 0 aromatic heterocycles. The summed E-state index contributed by atoms with van der Waals surface area (Å²) in [6.45, 7) is 3.39. The lowest BCUT2D eigenvalue weighted by molar-refractivity contribution is -0.144. The molecule has 1 atom stereocenters. The van der Waals surface area contributed by atoms with Crippen molar-refractivity contribution in [1.82, 2.24) is 5.32 Å². The van der Waals surface area contributed by atoms with Gasteiger partial charge in [0.05, 0.1) is 12.0 Å². The van der Waals surface area contributed by atoms with Gasteiger partial charge < -0.3 is 20.3 Å². The molecule has 7 heteroatoms. The van der Waals surface area contributed by atoms with E-state index in [0.717, 1.165) is 0 Å². The normalized spacial score (nSPS) is 12.8. The molecular formula is C11H19NO6. The lowest BCUT2D eigenvalue weighted by atomic mass is 10.0. The fourth-order valence-corrected chi connectivity index (χ4v) is 1.23. The Bertz CT molecular complexity index is 325. The van der Waals surface area contributed by atoms with E-state index in [1.807, 2.05) is 0 Å². The lowest BCUT2D eigenvalue weighted by Crippen LogP contribution is -2.43. The standard InChI is InChI=1S/C11H19NO6/c1-11(2,18-3)6-8(13)12-7(10(16)17)4-5-9(14)15/h7H,4-6H2,1-3H3,(H,12,13)(H,14,15)(H,16,17). The minimum atomic E-state index is -1.25. The van der Waals surface area contributed by atoms with Crippen LogP contribution in [-0.4, -0.2) is 46.8 Å². The highest BCUT2D eigenvalue weighted by atomic mass is 16.5. The van der Waals surface area contributed by atoms with Crippen LogP contribution < -0.4 is 5.32 Å². The third kappa shape index (κ3) is 6.85. The van der Waals surface area contributed by atoms with Crippen molar-refractivity contribution in [3.8, 4) is 0 Å². The fourth-order valence-electron chi connectivity index (χ4n) is 1.23. The number of aliphatic carboxylic acids is 2. The molecule has 0 bridgehead atoms. The highest BCUT2D eigenvalue weighted by molar-refractivity contribution is 5.84. The van der Waals surface area contributed by atoms with Gasteiger partial charge in [-0.15, -0.1) is 0 Å². The maximum absolute atomic E-state index is 11.6. The van der Waals surface area contributed by atoms with Gasteiger partial charge in [-0.05, 0) is 20.3 Å². The Hall–Kier alpha value is -1.63. The Morgan fingerprint density at radius 3 is 2.22 bits per heavy atom. The summed E-state index contributed by atoms with van der Waals surface area (Å²) in [6.07, 6.45) is -0.463. The lowest BCUT2D eigenvalue weighted by Gasteiger charge is -2.23. The molecule has 0 aliphatic carbocycles. The minimum absolute atomic E-state index is 0.000349. The first-order valence-corrected chi connectivity index (χ1v) is 5.47. The molecule has 0 heterocycles. The maximum Gasteiger partial charge on any atom is 0.326 e. The van der Waals surface area contributed by atoms with Crippen LogP contribution in [0.3, 0.4) is 0 Å². The second-order valence-electron chi connectivity index (χ2n) is 4.53. The first-order valence-electron chi connectivity index (χ1n) is 5.47. The second kappa shape index (κ2) is 6.95. The molecule has 0 saturated heterocycles. The molecule has 0 saturated carbocycles. The fraction of sp³-hybridized carbons (Fsp3) is 0.727. The van der Waals surface area contributed by atoms with Crippen molar-refractivity contribution in [2.75, 3.05) is 7.11 Å². The number of amides is 1. The smallest absolute Gasteiger partial charge is 0.326 e. The number of carbonyl (C=O) groups is 3. The van der Waals surface area contributed by atoms with Gasteiger partial charge in [-0.1, -0.05) is 0 Å². The Morgan fingerprint density at radius 1 is 1.28 bits per heavy atom. The Kier molecular flexibility index (Phi) is 6.32. The molecule has 18 heavy (non-hydrogen) atoms. The molecule has 7 nitrogen and oxygen atoms in total. The van der Waals surface area contributed by atoms with E-state index in [1.54, 1.807) is 13.8 Å². The average molecular weight is 261 g/mol. The molecule has 0 fully saturated rings. The largest absolute Gasteiger partial charge is 0.481 e. The van der Waals surface area contributed by atoms with Crippen LogP contribution in [-0.2, 0) is 19.1 Å². The molecule has 1 unspecified atom stereocenters. The zero-order valence-electron chi connectivity index (χ0n) is 10.7. The molecule has 0 rings (SSSR count). The Labute approximate surface area is 105 Å². The van der Waals surface area contributed by atoms with Crippen LogP contribution >= 0.6 is 0 Å². The third-order valence-electron chi connectivity index (χ3n) is 2.42. The van der Waals surface area contributed by atoms with Crippen molar-refractivity contribution in [3.05, 3.63) is 0 Å². The SMILES string of the molecule is COC(C)(C)CC(=O)NC(CCC(=O)O)C(=O)O. The second-order valence-corrected chi connectivity index (χ2v) is 4.53. The summed E-state index contributed by atoms with van der Waals surface area (Å²) in [4.78, 5) is 32.8. The van der Waals surface area contributed by atoms with Gasteiger partial charge in [0.2, 0.25) is 5.91 Å². The number of carboxylic acid groups (broad SMARTS) is 2. The number of ether oxygens (including phenoxy) is 1. The third-order valence-corrected chi connectivity index (χ3v) is 2.42. The van der Waals surface area contributed by atoms with Gasteiger partial charge in [0.1, 0.15) is 6.04 Å². The summed E-state index contributed by atoms with van der Waals surface area (Å²) in [5.41, 5.74) is -0.695. The highest BCUT2D eigenvalue weighted by Gasteiger charge is 2.25. The van der Waals surface area contributed by atoms with Crippen LogP contribution in [0.1, 0.15) is 33.1 Å². The number of rotatable bonds is 8. The minimum Gasteiger partial charge on any atom is -0.481 e. The Balaban J connectivity index is 4.37. The molecule has 0 spiro atoms. The van der Waals surface area contributed by atoms with Gasteiger partial charge in [0.15, 0.2) is 0 Å². The number of hydrogen-bond acceptors (Lipinski definition) is 4. The van der Waals surface area contributed by atoms with Crippen LogP contribution in [0, 0.1) is 0 Å². The van der Waals surface area contributed by atoms with Gasteiger partial charge >= 0.3 is 11.9 Å². The predicted octanol–water partition coefficient (Wildman–Crippen LogP) is 0.236. The van der Waals surface area contributed by atoms with E-state index in [4.69, 9.17) is 14.9 Å². The number of carboxylic acids is 2. The summed E-state index contributed by atoms with van der Waals surface area (Å²) >= 11 is 0. The van der Waals surface area contributed by atoms with E-state index in [-0.39, 0.29) is 19.3 Å². The topological polar surface area (TPSA) is 113 Å². The number of hydrogen-bond donors (Lipinski definition) is 3. The summed E-state index contributed by atoms with van der Waals surface area (Å²) in [7, 11) is 1.45. The van der Waals surface area contributed by atoms with Crippen LogP contribution in [0.5, 0.6) is 0 Å². The highest BCUT2D eigenvalue weighted by Crippen LogP contribution is 2.12. The van der Waals surface area contributed by atoms with Crippen molar-refractivity contribution >= 4 is 17.8 Å². The van der Waals surface area contributed by atoms with Crippen molar-refractivity contribution in [2.24, 2.45) is 0 Å². The maximum atomic E-state index is 11.6. The molecule has 0 aromatic rings. The number of carbonyl (C=O) groups excluding carboxylic acids is 1. The molecule has 0 aliphatic rings. The molecule has 0 aliphatic heterocycles. The first-order chi connectivity index (χ1) is 8.18.